The van der Waals surface area contributed by atoms with Gasteiger partial charge in [0.2, 0.25) is 0 Å². The van der Waals surface area contributed by atoms with Crippen LogP contribution in [0.1, 0.15) is 10.5 Å². The minimum absolute atomic E-state index is 0.136. The van der Waals surface area contributed by atoms with Crippen molar-refractivity contribution in [2.75, 3.05) is 5.32 Å². The summed E-state index contributed by atoms with van der Waals surface area (Å²) >= 11 is 12.0. The molecule has 2 heterocycles. The van der Waals surface area contributed by atoms with Crippen LogP contribution in [0.5, 0.6) is 0 Å². The number of carbonyl (C=O) groups is 1. The molecule has 0 spiro atoms. The van der Waals surface area contributed by atoms with Crippen molar-refractivity contribution in [2.45, 2.75) is 0 Å². The predicted molar refractivity (Wildman–Crippen MR) is 79.6 cm³/mol. The molecule has 0 aliphatic rings. The second-order valence-electron chi connectivity index (χ2n) is 4.29. The molecule has 2 aromatic heterocycles. The second-order valence-corrected chi connectivity index (χ2v) is 5.10. The first-order chi connectivity index (χ1) is 10.0. The van der Waals surface area contributed by atoms with Crippen molar-refractivity contribution in [2.24, 2.45) is 0 Å². The minimum Gasteiger partial charge on any atom is -0.318 e. The quantitative estimate of drug-likeness (QED) is 0.773. The third-order valence-electron chi connectivity index (χ3n) is 2.85. The van der Waals surface area contributed by atoms with Gasteiger partial charge in [0, 0.05) is 12.4 Å². The van der Waals surface area contributed by atoms with Crippen LogP contribution in [0, 0.1) is 5.82 Å². The van der Waals surface area contributed by atoms with E-state index in [1.54, 1.807) is 18.2 Å². The van der Waals surface area contributed by atoms with Gasteiger partial charge < -0.3 is 9.72 Å². The number of hydrogen-bond acceptors (Lipinski definition) is 2. The molecule has 3 aromatic rings. The molecule has 0 aliphatic heterocycles. The smallest absolute Gasteiger partial charge is 0.275 e. The molecule has 21 heavy (non-hydrogen) atoms. The van der Waals surface area contributed by atoms with Gasteiger partial charge in [-0.25, -0.2) is 9.37 Å². The molecule has 3 rings (SSSR count). The van der Waals surface area contributed by atoms with Crippen LogP contribution in [-0.4, -0.2) is 15.3 Å². The number of aromatic nitrogens is 2. The van der Waals surface area contributed by atoms with E-state index in [-0.39, 0.29) is 5.69 Å². The van der Waals surface area contributed by atoms with Crippen molar-refractivity contribution < 1.29 is 9.18 Å². The largest absolute Gasteiger partial charge is 0.318 e. The summed E-state index contributed by atoms with van der Waals surface area (Å²) in [5, 5.41) is 3.25. The van der Waals surface area contributed by atoms with Gasteiger partial charge in [0.25, 0.3) is 5.91 Å². The van der Waals surface area contributed by atoms with Crippen LogP contribution in [0.2, 0.25) is 10.0 Å². The van der Waals surface area contributed by atoms with Gasteiger partial charge in [-0.15, -0.1) is 0 Å². The fourth-order valence-corrected chi connectivity index (χ4v) is 2.36. The lowest BCUT2D eigenvalue weighted by Gasteiger charge is -2.07. The van der Waals surface area contributed by atoms with E-state index in [4.69, 9.17) is 23.2 Å². The maximum Gasteiger partial charge on any atom is 0.275 e. The SMILES string of the molecule is O=C(Nc1c(Cl)cccc1Cl)c1cn2cc(F)ccc2n1. The highest BCUT2D eigenvalue weighted by molar-refractivity contribution is 6.40. The van der Waals surface area contributed by atoms with Crippen molar-refractivity contribution in [3.63, 3.8) is 0 Å². The number of rotatable bonds is 2. The van der Waals surface area contributed by atoms with Crippen molar-refractivity contribution >= 4 is 40.4 Å². The Bertz CT molecular complexity index is 827. The molecule has 1 amide bonds. The van der Waals surface area contributed by atoms with E-state index in [1.807, 2.05) is 0 Å². The summed E-state index contributed by atoms with van der Waals surface area (Å²) in [5.41, 5.74) is 0.914. The summed E-state index contributed by atoms with van der Waals surface area (Å²) < 4.78 is 14.5. The zero-order valence-corrected chi connectivity index (χ0v) is 12.0. The predicted octanol–water partition coefficient (Wildman–Crippen LogP) is 4.03. The first kappa shape index (κ1) is 13.9. The number of pyridine rings is 1. The lowest BCUT2D eigenvalue weighted by molar-refractivity contribution is 0.102. The molecule has 0 fully saturated rings. The van der Waals surface area contributed by atoms with Crippen LogP contribution in [0.25, 0.3) is 5.65 Å². The highest BCUT2D eigenvalue weighted by Gasteiger charge is 2.14. The number of hydrogen-bond donors (Lipinski definition) is 1. The Morgan fingerprint density at radius 2 is 1.86 bits per heavy atom. The second kappa shape index (κ2) is 5.35. The molecule has 0 bridgehead atoms. The van der Waals surface area contributed by atoms with E-state index in [9.17, 15) is 9.18 Å². The maximum atomic E-state index is 13.1. The fourth-order valence-electron chi connectivity index (χ4n) is 1.87. The van der Waals surface area contributed by atoms with Gasteiger partial charge in [-0.05, 0) is 24.3 Å². The number of para-hydroxylation sites is 1. The first-order valence-corrected chi connectivity index (χ1v) is 6.70. The third-order valence-corrected chi connectivity index (χ3v) is 3.48. The zero-order chi connectivity index (χ0) is 15.0. The van der Waals surface area contributed by atoms with E-state index in [0.717, 1.165) is 0 Å². The number of benzene rings is 1. The van der Waals surface area contributed by atoms with Gasteiger partial charge in [0.1, 0.15) is 17.2 Å². The van der Waals surface area contributed by atoms with E-state index in [2.05, 4.69) is 10.3 Å². The lowest BCUT2D eigenvalue weighted by atomic mass is 10.3. The summed E-state index contributed by atoms with van der Waals surface area (Å²) in [4.78, 5) is 16.3. The number of nitrogens with one attached hydrogen (secondary N) is 1. The number of halogens is 3. The van der Waals surface area contributed by atoms with Crippen molar-refractivity contribution in [1.29, 1.82) is 0 Å². The molecule has 4 nitrogen and oxygen atoms in total. The number of carbonyl (C=O) groups excluding carboxylic acids is 1. The Morgan fingerprint density at radius 1 is 1.14 bits per heavy atom. The van der Waals surface area contributed by atoms with Gasteiger partial charge >= 0.3 is 0 Å². The van der Waals surface area contributed by atoms with Gasteiger partial charge in [0.15, 0.2) is 0 Å². The van der Waals surface area contributed by atoms with Crippen LogP contribution in [0.3, 0.4) is 0 Å². The molecular weight excluding hydrogens is 316 g/mol. The summed E-state index contributed by atoms with van der Waals surface area (Å²) in [7, 11) is 0. The van der Waals surface area contributed by atoms with Gasteiger partial charge in [0.05, 0.1) is 15.7 Å². The molecule has 0 saturated carbocycles. The molecular formula is C14H8Cl2FN3O. The Labute approximate surface area is 129 Å². The number of amides is 1. The Kier molecular flexibility index (Phi) is 3.53. The zero-order valence-electron chi connectivity index (χ0n) is 10.5. The third kappa shape index (κ3) is 2.70. The van der Waals surface area contributed by atoms with Crippen LogP contribution in [0.15, 0.2) is 42.7 Å². The Hall–Kier alpha value is -2.11. The molecule has 0 aliphatic carbocycles. The standard InChI is InChI=1S/C14H8Cl2FN3O/c15-9-2-1-3-10(16)13(9)19-14(21)11-7-20-6-8(17)4-5-12(20)18-11/h1-7H,(H,19,21). The van der Waals surface area contributed by atoms with E-state index < -0.39 is 11.7 Å². The van der Waals surface area contributed by atoms with Crippen molar-refractivity contribution in [3.8, 4) is 0 Å². The number of nitrogens with zero attached hydrogens (tertiary/aromatic N) is 2. The number of imidazole rings is 1. The Morgan fingerprint density at radius 3 is 2.57 bits per heavy atom. The molecule has 0 atom stereocenters. The number of fused-ring (bicyclic) bond motifs is 1. The summed E-state index contributed by atoms with van der Waals surface area (Å²) in [6, 6.07) is 7.65. The van der Waals surface area contributed by atoms with E-state index >= 15 is 0 Å². The monoisotopic (exact) mass is 323 g/mol. The molecule has 0 saturated heterocycles. The lowest BCUT2D eigenvalue weighted by Crippen LogP contribution is -2.13. The highest BCUT2D eigenvalue weighted by atomic mass is 35.5. The summed E-state index contributed by atoms with van der Waals surface area (Å²) in [5.74, 6) is -0.893. The van der Waals surface area contributed by atoms with Crippen LogP contribution in [0.4, 0.5) is 10.1 Å². The van der Waals surface area contributed by atoms with Crippen LogP contribution in [-0.2, 0) is 0 Å². The molecule has 0 unspecified atom stereocenters. The fraction of sp³-hybridized carbons (Fsp3) is 0. The summed E-state index contributed by atoms with van der Waals surface area (Å²) in [6.45, 7) is 0. The molecule has 7 heteroatoms. The van der Waals surface area contributed by atoms with E-state index in [0.29, 0.717) is 21.4 Å². The Balaban J connectivity index is 1.94. The molecule has 0 radical (unpaired) electrons. The van der Waals surface area contributed by atoms with Crippen LogP contribution >= 0.6 is 23.2 Å². The topological polar surface area (TPSA) is 46.4 Å². The van der Waals surface area contributed by atoms with Gasteiger partial charge in [-0.3, -0.25) is 4.79 Å². The van der Waals surface area contributed by atoms with Crippen molar-refractivity contribution in [1.82, 2.24) is 9.38 Å². The van der Waals surface area contributed by atoms with E-state index in [1.165, 1.54) is 28.9 Å². The minimum atomic E-state index is -0.478. The van der Waals surface area contributed by atoms with Gasteiger partial charge in [-0.1, -0.05) is 29.3 Å². The van der Waals surface area contributed by atoms with Crippen LogP contribution < -0.4 is 5.32 Å². The molecule has 1 aromatic carbocycles. The molecule has 1 N–H and O–H groups in total. The van der Waals surface area contributed by atoms with Gasteiger partial charge in [-0.2, -0.15) is 0 Å². The molecule has 106 valence electrons. The summed E-state index contributed by atoms with van der Waals surface area (Å²) in [6.07, 6.45) is 2.67. The average Bonchev–Trinajstić information content (AvgIpc) is 2.86. The van der Waals surface area contributed by atoms with Crippen molar-refractivity contribution in [3.05, 3.63) is 64.3 Å². The first-order valence-electron chi connectivity index (χ1n) is 5.94. The normalized spacial score (nSPS) is 10.8. The highest BCUT2D eigenvalue weighted by Crippen LogP contribution is 2.30. The number of anilines is 1. The maximum absolute atomic E-state index is 13.1. The average molecular weight is 324 g/mol.